The molecule has 1 fully saturated rings. The summed E-state index contributed by atoms with van der Waals surface area (Å²) in [5.41, 5.74) is 3.18. The second kappa shape index (κ2) is 9.57. The Morgan fingerprint density at radius 2 is 2.00 bits per heavy atom. The largest absolute Gasteiger partial charge is 0.493 e. The van der Waals surface area contributed by atoms with E-state index in [1.165, 1.54) is 0 Å². The molecule has 0 N–H and O–H groups in total. The zero-order chi connectivity index (χ0) is 23.5. The minimum Gasteiger partial charge on any atom is -0.493 e. The Balaban J connectivity index is 1.63. The highest BCUT2D eigenvalue weighted by molar-refractivity contribution is 5.89. The molecule has 1 atom stereocenters. The summed E-state index contributed by atoms with van der Waals surface area (Å²) in [5.74, 6) is 2.73. The molecule has 1 saturated heterocycles. The van der Waals surface area contributed by atoms with Gasteiger partial charge in [-0.3, -0.25) is 4.57 Å². The molecule has 3 aromatic rings. The van der Waals surface area contributed by atoms with Crippen molar-refractivity contribution in [2.24, 2.45) is 0 Å². The molecule has 2 aliphatic rings. The Bertz CT molecular complexity index is 1240. The molecule has 0 saturated carbocycles. The Labute approximate surface area is 199 Å². The summed E-state index contributed by atoms with van der Waals surface area (Å²) in [6, 6.07) is 16.2. The number of morpholine rings is 1. The monoisotopic (exact) mass is 457 g/mol. The molecule has 0 amide bonds. The molecular formula is C26H27N5O3. The molecule has 1 aromatic heterocycles. The number of allylic oxidation sites excluding steroid dienone is 1. The number of rotatable bonds is 6. The standard InChI is InChI=1S/C26H27N5O3/c1-3-33-23-15-19-13-18(2)34-24(19)16-20(23)14-21(17-27)25-28-29-26(30-9-11-32-12-10-30)31(25)22-7-5-4-6-8-22/h4-8,14-16,18H,3,9-13H2,1-2H3/b21-14+. The zero-order valence-electron chi connectivity index (χ0n) is 19.4. The van der Waals surface area contributed by atoms with E-state index < -0.39 is 0 Å². The van der Waals surface area contributed by atoms with Gasteiger partial charge in [0.2, 0.25) is 5.95 Å². The highest BCUT2D eigenvalue weighted by atomic mass is 16.5. The molecule has 0 aliphatic carbocycles. The number of fused-ring (bicyclic) bond motifs is 1. The molecule has 0 radical (unpaired) electrons. The first-order chi connectivity index (χ1) is 16.7. The molecule has 8 heteroatoms. The van der Waals surface area contributed by atoms with Crippen LogP contribution >= 0.6 is 0 Å². The molecule has 3 heterocycles. The average molecular weight is 458 g/mol. The third kappa shape index (κ3) is 4.22. The maximum Gasteiger partial charge on any atom is 0.232 e. The van der Waals surface area contributed by atoms with Crippen molar-refractivity contribution in [3.05, 3.63) is 59.4 Å². The Kier molecular flexibility index (Phi) is 6.19. The number of hydrogen-bond acceptors (Lipinski definition) is 7. The predicted molar refractivity (Wildman–Crippen MR) is 129 cm³/mol. The van der Waals surface area contributed by atoms with E-state index >= 15 is 0 Å². The van der Waals surface area contributed by atoms with Crippen molar-refractivity contribution >= 4 is 17.6 Å². The quantitative estimate of drug-likeness (QED) is 0.519. The van der Waals surface area contributed by atoms with Crippen molar-refractivity contribution in [1.29, 1.82) is 5.26 Å². The number of hydrogen-bond donors (Lipinski definition) is 0. The van der Waals surface area contributed by atoms with Crippen molar-refractivity contribution in [2.75, 3.05) is 37.8 Å². The van der Waals surface area contributed by atoms with E-state index in [0.29, 0.717) is 50.3 Å². The van der Waals surface area contributed by atoms with E-state index in [1.807, 2.05) is 67.0 Å². The van der Waals surface area contributed by atoms with Gasteiger partial charge >= 0.3 is 0 Å². The van der Waals surface area contributed by atoms with E-state index in [4.69, 9.17) is 14.2 Å². The highest BCUT2D eigenvalue weighted by Gasteiger charge is 2.25. The molecule has 2 aromatic carbocycles. The lowest BCUT2D eigenvalue weighted by Crippen LogP contribution is -2.38. The number of benzene rings is 2. The molecule has 8 nitrogen and oxygen atoms in total. The van der Waals surface area contributed by atoms with Crippen molar-refractivity contribution in [2.45, 2.75) is 26.4 Å². The lowest BCUT2D eigenvalue weighted by atomic mass is 10.0. The van der Waals surface area contributed by atoms with Crippen LogP contribution in [0.2, 0.25) is 0 Å². The van der Waals surface area contributed by atoms with Crippen LogP contribution in [0.1, 0.15) is 30.8 Å². The summed E-state index contributed by atoms with van der Waals surface area (Å²) in [7, 11) is 0. The first kappa shape index (κ1) is 22.0. The van der Waals surface area contributed by atoms with E-state index in [2.05, 4.69) is 21.2 Å². The zero-order valence-corrected chi connectivity index (χ0v) is 19.4. The molecule has 34 heavy (non-hydrogen) atoms. The second-order valence-electron chi connectivity index (χ2n) is 8.33. The van der Waals surface area contributed by atoms with Crippen molar-refractivity contribution in [3.63, 3.8) is 0 Å². The van der Waals surface area contributed by atoms with Crippen LogP contribution in [0, 0.1) is 11.3 Å². The van der Waals surface area contributed by atoms with E-state index in [0.717, 1.165) is 34.7 Å². The maximum absolute atomic E-state index is 10.2. The van der Waals surface area contributed by atoms with Crippen molar-refractivity contribution in [3.8, 4) is 23.3 Å². The van der Waals surface area contributed by atoms with Crippen LogP contribution in [-0.4, -0.2) is 53.8 Å². The predicted octanol–water partition coefficient (Wildman–Crippen LogP) is 3.89. The number of anilines is 1. The Hall–Kier alpha value is -3.83. The lowest BCUT2D eigenvalue weighted by molar-refractivity contribution is 0.122. The maximum atomic E-state index is 10.2. The highest BCUT2D eigenvalue weighted by Crippen LogP contribution is 2.37. The third-order valence-corrected chi connectivity index (χ3v) is 5.94. The van der Waals surface area contributed by atoms with Gasteiger partial charge in [0.25, 0.3) is 0 Å². The minimum absolute atomic E-state index is 0.122. The number of aromatic nitrogens is 3. The first-order valence-corrected chi connectivity index (χ1v) is 11.6. The van der Waals surface area contributed by atoms with E-state index in [9.17, 15) is 5.26 Å². The van der Waals surface area contributed by atoms with Gasteiger partial charge < -0.3 is 19.1 Å². The summed E-state index contributed by atoms with van der Waals surface area (Å²) in [6.45, 7) is 7.21. The Morgan fingerprint density at radius 1 is 1.21 bits per heavy atom. The van der Waals surface area contributed by atoms with Crippen LogP contribution in [0.15, 0.2) is 42.5 Å². The fourth-order valence-electron chi connectivity index (χ4n) is 4.38. The second-order valence-corrected chi connectivity index (χ2v) is 8.33. The first-order valence-electron chi connectivity index (χ1n) is 11.6. The van der Waals surface area contributed by atoms with Crippen LogP contribution in [0.3, 0.4) is 0 Å². The molecular weight excluding hydrogens is 430 g/mol. The van der Waals surface area contributed by atoms with E-state index in [-0.39, 0.29) is 6.10 Å². The summed E-state index contributed by atoms with van der Waals surface area (Å²) in [4.78, 5) is 2.14. The van der Waals surface area contributed by atoms with Gasteiger partial charge in [-0.25, -0.2) is 0 Å². The lowest BCUT2D eigenvalue weighted by Gasteiger charge is -2.28. The smallest absolute Gasteiger partial charge is 0.232 e. The van der Waals surface area contributed by atoms with Crippen molar-refractivity contribution in [1.82, 2.24) is 14.8 Å². The van der Waals surface area contributed by atoms with Gasteiger partial charge in [0, 0.05) is 30.6 Å². The fraction of sp³-hybridized carbons (Fsp3) is 0.346. The molecule has 0 bridgehead atoms. The topological polar surface area (TPSA) is 85.4 Å². The van der Waals surface area contributed by atoms with Gasteiger partial charge in [-0.15, -0.1) is 10.2 Å². The van der Waals surface area contributed by atoms with Gasteiger partial charge in [0.1, 0.15) is 23.7 Å². The van der Waals surface area contributed by atoms with Crippen LogP contribution in [0.25, 0.3) is 17.3 Å². The average Bonchev–Trinajstić information content (AvgIpc) is 3.46. The van der Waals surface area contributed by atoms with Crippen LogP contribution in [0.5, 0.6) is 11.5 Å². The molecule has 174 valence electrons. The van der Waals surface area contributed by atoms with Gasteiger partial charge in [0.05, 0.1) is 31.1 Å². The summed E-state index contributed by atoms with van der Waals surface area (Å²) in [6.07, 6.45) is 2.77. The molecule has 1 unspecified atom stereocenters. The summed E-state index contributed by atoms with van der Waals surface area (Å²) < 4.78 is 19.3. The van der Waals surface area contributed by atoms with Crippen molar-refractivity contribution < 1.29 is 14.2 Å². The molecule has 5 rings (SSSR count). The number of para-hydroxylation sites is 1. The normalized spacial score (nSPS) is 17.7. The Morgan fingerprint density at radius 3 is 2.74 bits per heavy atom. The van der Waals surface area contributed by atoms with Gasteiger partial charge in [0.15, 0.2) is 5.82 Å². The van der Waals surface area contributed by atoms with Gasteiger partial charge in [-0.1, -0.05) is 18.2 Å². The number of ether oxygens (including phenoxy) is 3. The summed E-state index contributed by atoms with van der Waals surface area (Å²) in [5, 5.41) is 19.1. The van der Waals surface area contributed by atoms with Gasteiger partial charge in [-0.2, -0.15) is 5.26 Å². The van der Waals surface area contributed by atoms with E-state index in [1.54, 1.807) is 0 Å². The van der Waals surface area contributed by atoms with Crippen LogP contribution < -0.4 is 14.4 Å². The summed E-state index contributed by atoms with van der Waals surface area (Å²) >= 11 is 0. The fourth-order valence-corrected chi connectivity index (χ4v) is 4.38. The van der Waals surface area contributed by atoms with Gasteiger partial charge in [-0.05, 0) is 44.2 Å². The third-order valence-electron chi connectivity index (χ3n) is 5.94. The molecule has 0 spiro atoms. The van der Waals surface area contributed by atoms with Crippen LogP contribution in [0.4, 0.5) is 5.95 Å². The minimum atomic E-state index is 0.122. The number of nitrogens with zero attached hydrogens (tertiary/aromatic N) is 5. The molecule has 2 aliphatic heterocycles. The van der Waals surface area contributed by atoms with Crippen LogP contribution in [-0.2, 0) is 11.2 Å². The SMILES string of the molecule is CCOc1cc2c(cc1/C=C(\C#N)c1nnc(N3CCOCC3)n1-c1ccccc1)OC(C)C2. The number of nitriles is 1.